The van der Waals surface area contributed by atoms with Crippen LogP contribution in [0.15, 0.2) is 34.1 Å². The molecule has 2 rings (SSSR count). The van der Waals surface area contributed by atoms with E-state index in [1.165, 1.54) is 21.6 Å². The van der Waals surface area contributed by atoms with Crippen molar-refractivity contribution in [3.05, 3.63) is 55.7 Å². The molecule has 1 heterocycles. The summed E-state index contributed by atoms with van der Waals surface area (Å²) < 4.78 is 1.13. The van der Waals surface area contributed by atoms with Gasteiger partial charge in [0, 0.05) is 4.88 Å². The van der Waals surface area contributed by atoms with E-state index in [0.717, 1.165) is 3.79 Å². The third-order valence-corrected chi connectivity index (χ3v) is 4.50. The molecule has 1 aromatic carbocycles. The molecule has 0 bridgehead atoms. The Balaban J connectivity index is 2.33. The van der Waals surface area contributed by atoms with Crippen molar-refractivity contribution >= 4 is 27.3 Å². The predicted molar refractivity (Wildman–Crippen MR) is 74.0 cm³/mol. The lowest BCUT2D eigenvalue weighted by molar-refractivity contribution is 0.890. The molecule has 1 atom stereocenters. The van der Waals surface area contributed by atoms with Crippen molar-refractivity contribution in [2.75, 3.05) is 0 Å². The lowest BCUT2D eigenvalue weighted by Crippen LogP contribution is -2.10. The van der Waals surface area contributed by atoms with E-state index >= 15 is 0 Å². The topological polar surface area (TPSA) is 26.0 Å². The molecule has 0 amide bonds. The quantitative estimate of drug-likeness (QED) is 0.884. The Kier molecular flexibility index (Phi) is 3.47. The fourth-order valence-corrected chi connectivity index (χ4v) is 3.07. The number of hydrogen-bond acceptors (Lipinski definition) is 2. The second kappa shape index (κ2) is 4.70. The highest BCUT2D eigenvalue weighted by atomic mass is 79.9. The average Bonchev–Trinajstić information content (AvgIpc) is 2.68. The van der Waals surface area contributed by atoms with Crippen molar-refractivity contribution in [3.63, 3.8) is 0 Å². The number of thiophene rings is 1. The van der Waals surface area contributed by atoms with Crippen molar-refractivity contribution in [1.82, 2.24) is 0 Å². The first-order valence-electron chi connectivity index (χ1n) is 5.16. The minimum Gasteiger partial charge on any atom is -0.320 e. The molecule has 1 nitrogen and oxygen atoms in total. The lowest BCUT2D eigenvalue weighted by atomic mass is 10.0. The van der Waals surface area contributed by atoms with Gasteiger partial charge in [-0.25, -0.2) is 0 Å². The first kappa shape index (κ1) is 11.8. The molecule has 0 saturated carbocycles. The maximum Gasteiger partial charge on any atom is 0.0702 e. The van der Waals surface area contributed by atoms with E-state index in [4.69, 9.17) is 5.73 Å². The maximum absolute atomic E-state index is 6.24. The molecular weight excluding hydrogens is 282 g/mol. The van der Waals surface area contributed by atoms with E-state index in [9.17, 15) is 0 Å². The molecule has 0 saturated heterocycles. The summed E-state index contributed by atoms with van der Waals surface area (Å²) in [6, 6.07) is 10.5. The number of rotatable bonds is 2. The molecule has 1 aromatic heterocycles. The van der Waals surface area contributed by atoms with Crippen LogP contribution >= 0.6 is 27.3 Å². The van der Waals surface area contributed by atoms with Gasteiger partial charge in [0.1, 0.15) is 0 Å². The molecule has 0 radical (unpaired) electrons. The Bertz CT molecular complexity index is 504. The van der Waals surface area contributed by atoms with Gasteiger partial charge < -0.3 is 5.73 Å². The molecule has 0 fully saturated rings. The maximum atomic E-state index is 6.24. The van der Waals surface area contributed by atoms with Crippen LogP contribution in [0.4, 0.5) is 0 Å². The second-order valence-corrected chi connectivity index (χ2v) is 6.46. The van der Waals surface area contributed by atoms with Crippen LogP contribution in [0.3, 0.4) is 0 Å². The van der Waals surface area contributed by atoms with Crippen LogP contribution in [0, 0.1) is 13.8 Å². The summed E-state index contributed by atoms with van der Waals surface area (Å²) in [5, 5.41) is 0. The summed E-state index contributed by atoms with van der Waals surface area (Å²) in [7, 11) is 0. The molecule has 0 aliphatic rings. The van der Waals surface area contributed by atoms with Gasteiger partial charge in [0.25, 0.3) is 0 Å². The minimum atomic E-state index is -0.0180. The molecular formula is C13H14BrNS. The van der Waals surface area contributed by atoms with Gasteiger partial charge in [-0.15, -0.1) is 11.3 Å². The summed E-state index contributed by atoms with van der Waals surface area (Å²) >= 11 is 5.15. The fraction of sp³-hybridized carbons (Fsp3) is 0.231. The molecule has 16 heavy (non-hydrogen) atoms. The smallest absolute Gasteiger partial charge is 0.0702 e. The van der Waals surface area contributed by atoms with E-state index < -0.39 is 0 Å². The Morgan fingerprint density at radius 2 is 1.88 bits per heavy atom. The Labute approximate surface area is 108 Å². The monoisotopic (exact) mass is 295 g/mol. The Hall–Kier alpha value is -0.640. The van der Waals surface area contributed by atoms with Crippen LogP contribution < -0.4 is 5.73 Å². The highest BCUT2D eigenvalue weighted by molar-refractivity contribution is 9.11. The predicted octanol–water partition coefficient (Wildman–Crippen LogP) is 4.18. The third-order valence-electron chi connectivity index (χ3n) is 2.79. The van der Waals surface area contributed by atoms with Crippen LogP contribution in [-0.2, 0) is 0 Å². The van der Waals surface area contributed by atoms with E-state index in [1.54, 1.807) is 11.3 Å². The second-order valence-electron chi connectivity index (χ2n) is 3.96. The normalized spacial score (nSPS) is 12.8. The Morgan fingerprint density at radius 3 is 2.44 bits per heavy atom. The van der Waals surface area contributed by atoms with Crippen molar-refractivity contribution in [1.29, 1.82) is 0 Å². The summed E-state index contributed by atoms with van der Waals surface area (Å²) in [6.45, 7) is 4.24. The van der Waals surface area contributed by atoms with E-state index in [1.807, 2.05) is 6.07 Å². The van der Waals surface area contributed by atoms with E-state index in [-0.39, 0.29) is 6.04 Å². The summed E-state index contributed by atoms with van der Waals surface area (Å²) in [5.41, 5.74) is 10.0. The molecule has 2 aromatic rings. The van der Waals surface area contributed by atoms with Gasteiger partial charge in [0.15, 0.2) is 0 Å². The summed E-state index contributed by atoms with van der Waals surface area (Å²) in [5.74, 6) is 0. The largest absolute Gasteiger partial charge is 0.320 e. The number of aryl methyl sites for hydroxylation is 2. The van der Waals surface area contributed by atoms with Gasteiger partial charge in [-0.3, -0.25) is 0 Å². The number of halogens is 1. The SMILES string of the molecule is Cc1ccc(C(N)c2ccc(Br)s2)cc1C. The van der Waals surface area contributed by atoms with Gasteiger partial charge >= 0.3 is 0 Å². The standard InChI is InChI=1S/C13H14BrNS/c1-8-3-4-10(7-9(8)2)13(15)11-5-6-12(14)16-11/h3-7,13H,15H2,1-2H3. The molecule has 0 spiro atoms. The molecule has 0 aliphatic carbocycles. The molecule has 2 N–H and O–H groups in total. The van der Waals surface area contributed by atoms with Crippen LogP contribution in [-0.4, -0.2) is 0 Å². The van der Waals surface area contributed by atoms with Gasteiger partial charge in [-0.2, -0.15) is 0 Å². The minimum absolute atomic E-state index is 0.0180. The highest BCUT2D eigenvalue weighted by Gasteiger charge is 2.11. The Morgan fingerprint density at radius 1 is 1.12 bits per heavy atom. The van der Waals surface area contributed by atoms with Crippen molar-refractivity contribution in [2.45, 2.75) is 19.9 Å². The van der Waals surface area contributed by atoms with Crippen molar-refractivity contribution in [3.8, 4) is 0 Å². The summed E-state index contributed by atoms with van der Waals surface area (Å²) in [4.78, 5) is 1.19. The zero-order valence-corrected chi connectivity index (χ0v) is 11.7. The highest BCUT2D eigenvalue weighted by Crippen LogP contribution is 2.30. The number of nitrogens with two attached hydrogens (primary N) is 1. The number of benzene rings is 1. The van der Waals surface area contributed by atoms with Crippen molar-refractivity contribution in [2.24, 2.45) is 5.73 Å². The van der Waals surface area contributed by atoms with Gasteiger partial charge in [-0.05, 0) is 58.6 Å². The zero-order valence-electron chi connectivity index (χ0n) is 9.33. The fourth-order valence-electron chi connectivity index (χ4n) is 1.62. The summed E-state index contributed by atoms with van der Waals surface area (Å²) in [6.07, 6.45) is 0. The van der Waals surface area contributed by atoms with E-state index in [2.05, 4.69) is 54.0 Å². The lowest BCUT2D eigenvalue weighted by Gasteiger charge is -2.11. The third kappa shape index (κ3) is 2.37. The first-order valence-corrected chi connectivity index (χ1v) is 6.77. The molecule has 84 valence electrons. The van der Waals surface area contributed by atoms with Gasteiger partial charge in [-0.1, -0.05) is 18.2 Å². The molecule has 0 aliphatic heterocycles. The van der Waals surface area contributed by atoms with Crippen molar-refractivity contribution < 1.29 is 0 Å². The van der Waals surface area contributed by atoms with Gasteiger partial charge in [0.2, 0.25) is 0 Å². The van der Waals surface area contributed by atoms with Crippen LogP contribution in [0.25, 0.3) is 0 Å². The number of hydrogen-bond donors (Lipinski definition) is 1. The van der Waals surface area contributed by atoms with Crippen LogP contribution in [0.2, 0.25) is 0 Å². The van der Waals surface area contributed by atoms with Gasteiger partial charge in [0.05, 0.1) is 9.83 Å². The van der Waals surface area contributed by atoms with Crippen LogP contribution in [0.1, 0.15) is 27.6 Å². The van der Waals surface area contributed by atoms with E-state index in [0.29, 0.717) is 0 Å². The zero-order chi connectivity index (χ0) is 11.7. The van der Waals surface area contributed by atoms with Crippen LogP contribution in [0.5, 0.6) is 0 Å². The first-order chi connectivity index (χ1) is 7.58. The molecule has 3 heteroatoms. The average molecular weight is 296 g/mol. The molecule has 1 unspecified atom stereocenters.